The number of carbonyl (C=O) groups excluding carboxylic acids is 1. The third-order valence-electron chi connectivity index (χ3n) is 2.59. The van der Waals surface area contributed by atoms with Crippen molar-refractivity contribution >= 4 is 17.4 Å². The Bertz CT molecular complexity index is 478. The molecule has 0 saturated carbocycles. The first kappa shape index (κ1) is 14.8. The fourth-order valence-electron chi connectivity index (χ4n) is 1.62. The van der Waals surface area contributed by atoms with Crippen LogP contribution in [-0.4, -0.2) is 45.5 Å². The lowest BCUT2D eigenvalue weighted by atomic mass is 10.2. The van der Waals surface area contributed by atoms with Crippen LogP contribution in [0.4, 0.5) is 11.5 Å². The summed E-state index contributed by atoms with van der Waals surface area (Å²) in [7, 11) is 0. The van der Waals surface area contributed by atoms with Crippen LogP contribution in [-0.2, 0) is 0 Å². The minimum Gasteiger partial charge on any atom is -0.396 e. The lowest BCUT2D eigenvalue weighted by Gasteiger charge is -2.20. The van der Waals surface area contributed by atoms with Crippen LogP contribution in [0.5, 0.6) is 0 Å². The molecule has 3 N–H and O–H groups in total. The van der Waals surface area contributed by atoms with E-state index in [2.05, 4.69) is 4.98 Å². The molecule has 8 nitrogen and oxygen atoms in total. The molecule has 0 aromatic carbocycles. The Morgan fingerprint density at radius 1 is 1.63 bits per heavy atom. The van der Waals surface area contributed by atoms with Crippen LogP contribution in [0.2, 0.25) is 0 Å². The average molecular weight is 268 g/mol. The maximum Gasteiger partial charge on any atom is 0.300 e. The van der Waals surface area contributed by atoms with E-state index >= 15 is 0 Å². The first-order chi connectivity index (χ1) is 9.01. The van der Waals surface area contributed by atoms with Gasteiger partial charge in [0.25, 0.3) is 11.6 Å². The van der Waals surface area contributed by atoms with Gasteiger partial charge in [-0.25, -0.2) is 4.98 Å². The maximum atomic E-state index is 12.2. The Morgan fingerprint density at radius 2 is 2.32 bits per heavy atom. The largest absolute Gasteiger partial charge is 0.396 e. The van der Waals surface area contributed by atoms with E-state index in [1.54, 1.807) is 6.92 Å². The fraction of sp³-hybridized carbons (Fsp3) is 0.455. The molecule has 0 radical (unpaired) electrons. The summed E-state index contributed by atoms with van der Waals surface area (Å²) < 4.78 is 0. The molecule has 0 aliphatic carbocycles. The highest BCUT2D eigenvalue weighted by Gasteiger charge is 2.24. The molecule has 19 heavy (non-hydrogen) atoms. The summed E-state index contributed by atoms with van der Waals surface area (Å²) in [4.78, 5) is 27.5. The van der Waals surface area contributed by atoms with E-state index in [0.29, 0.717) is 19.5 Å². The summed E-state index contributed by atoms with van der Waals surface area (Å²) in [6.45, 7) is 2.42. The van der Waals surface area contributed by atoms with Crippen LogP contribution in [0, 0.1) is 10.1 Å². The first-order valence-corrected chi connectivity index (χ1v) is 5.81. The number of nitrogens with two attached hydrogens (primary N) is 1. The molecule has 0 unspecified atom stereocenters. The molecule has 8 heteroatoms. The molecular weight excluding hydrogens is 252 g/mol. The minimum atomic E-state index is -0.667. The van der Waals surface area contributed by atoms with Crippen molar-refractivity contribution in [2.24, 2.45) is 0 Å². The molecule has 1 aromatic rings. The summed E-state index contributed by atoms with van der Waals surface area (Å²) in [6.07, 6.45) is 1.39. The lowest BCUT2D eigenvalue weighted by Crippen LogP contribution is -2.32. The van der Waals surface area contributed by atoms with Crippen LogP contribution < -0.4 is 5.73 Å². The zero-order valence-electron chi connectivity index (χ0n) is 10.6. The number of hydrogen-bond acceptors (Lipinski definition) is 6. The molecule has 0 spiro atoms. The van der Waals surface area contributed by atoms with Gasteiger partial charge in [-0.15, -0.1) is 0 Å². The second kappa shape index (κ2) is 6.64. The van der Waals surface area contributed by atoms with Crippen molar-refractivity contribution < 1.29 is 14.8 Å². The standard InChI is InChI=1S/C11H16N4O4/c1-2-14(4-3-5-16)11(17)8-6-10(12)13-7-9(8)15(18)19/h6-7,16H,2-5H2,1H3,(H2,12,13). The van der Waals surface area contributed by atoms with Crippen LogP contribution in [0.1, 0.15) is 23.7 Å². The first-order valence-electron chi connectivity index (χ1n) is 5.81. The maximum absolute atomic E-state index is 12.2. The summed E-state index contributed by atoms with van der Waals surface area (Å²) in [5.74, 6) is -0.441. The van der Waals surface area contributed by atoms with Gasteiger partial charge < -0.3 is 15.7 Å². The molecular formula is C11H16N4O4. The van der Waals surface area contributed by atoms with Gasteiger partial charge in [0.2, 0.25) is 0 Å². The van der Waals surface area contributed by atoms with Crippen molar-refractivity contribution in [2.45, 2.75) is 13.3 Å². The number of hydrogen-bond donors (Lipinski definition) is 2. The Balaban J connectivity index is 3.09. The predicted molar refractivity (Wildman–Crippen MR) is 68.6 cm³/mol. The van der Waals surface area contributed by atoms with Gasteiger partial charge in [0.05, 0.1) is 4.92 Å². The van der Waals surface area contributed by atoms with E-state index in [0.717, 1.165) is 6.20 Å². The van der Waals surface area contributed by atoms with E-state index in [1.165, 1.54) is 11.0 Å². The van der Waals surface area contributed by atoms with E-state index < -0.39 is 10.8 Å². The van der Waals surface area contributed by atoms with E-state index in [1.807, 2.05) is 0 Å². The third kappa shape index (κ3) is 3.62. The molecule has 0 saturated heterocycles. The minimum absolute atomic E-state index is 0.0483. The van der Waals surface area contributed by atoms with Crippen LogP contribution in [0.3, 0.4) is 0 Å². The van der Waals surface area contributed by atoms with Crippen LogP contribution in [0.15, 0.2) is 12.3 Å². The van der Waals surface area contributed by atoms with Crippen molar-refractivity contribution in [2.75, 3.05) is 25.4 Å². The summed E-state index contributed by atoms with van der Waals surface area (Å²) in [5.41, 5.74) is 5.00. The molecule has 1 rings (SSSR count). The van der Waals surface area contributed by atoms with Gasteiger partial charge in [-0.05, 0) is 19.4 Å². The Hall–Kier alpha value is -2.22. The number of nitro groups is 1. The van der Waals surface area contributed by atoms with Gasteiger partial charge in [-0.3, -0.25) is 14.9 Å². The number of carbonyl (C=O) groups is 1. The number of amides is 1. The zero-order chi connectivity index (χ0) is 14.4. The molecule has 0 atom stereocenters. The van der Waals surface area contributed by atoms with Gasteiger partial charge in [0, 0.05) is 19.7 Å². The van der Waals surface area contributed by atoms with Crippen molar-refractivity contribution in [3.8, 4) is 0 Å². The molecule has 1 amide bonds. The second-order valence-corrected chi connectivity index (χ2v) is 3.85. The molecule has 0 bridgehead atoms. The highest BCUT2D eigenvalue weighted by Crippen LogP contribution is 2.21. The zero-order valence-corrected chi connectivity index (χ0v) is 10.6. The molecule has 1 heterocycles. The molecule has 104 valence electrons. The number of rotatable bonds is 6. The summed E-state index contributed by atoms with van der Waals surface area (Å²) in [5, 5.41) is 19.7. The van der Waals surface area contributed by atoms with Gasteiger partial charge in [-0.2, -0.15) is 0 Å². The van der Waals surface area contributed by atoms with Crippen LogP contribution >= 0.6 is 0 Å². The van der Waals surface area contributed by atoms with Crippen molar-refractivity contribution in [3.05, 3.63) is 27.9 Å². The highest BCUT2D eigenvalue weighted by molar-refractivity contribution is 5.98. The Kier molecular flexibility index (Phi) is 5.19. The number of nitrogen functional groups attached to an aromatic ring is 1. The SMILES string of the molecule is CCN(CCCO)C(=O)c1cc(N)ncc1[N+](=O)[O-]. The normalized spacial score (nSPS) is 10.2. The van der Waals surface area contributed by atoms with E-state index in [-0.39, 0.29) is 23.7 Å². The molecule has 0 aliphatic heterocycles. The van der Waals surface area contributed by atoms with Gasteiger partial charge >= 0.3 is 0 Å². The Labute approximate surface area is 110 Å². The predicted octanol–water partition coefficient (Wildman–Crippen LogP) is 0.417. The van der Waals surface area contributed by atoms with E-state index in [9.17, 15) is 14.9 Å². The number of pyridine rings is 1. The van der Waals surface area contributed by atoms with E-state index in [4.69, 9.17) is 10.8 Å². The monoisotopic (exact) mass is 268 g/mol. The third-order valence-corrected chi connectivity index (χ3v) is 2.59. The molecule has 1 aromatic heterocycles. The quantitative estimate of drug-likeness (QED) is 0.569. The second-order valence-electron chi connectivity index (χ2n) is 3.85. The van der Waals surface area contributed by atoms with Crippen molar-refractivity contribution in [3.63, 3.8) is 0 Å². The van der Waals surface area contributed by atoms with Crippen LogP contribution in [0.25, 0.3) is 0 Å². The lowest BCUT2D eigenvalue weighted by molar-refractivity contribution is -0.385. The van der Waals surface area contributed by atoms with Gasteiger partial charge in [0.1, 0.15) is 17.6 Å². The van der Waals surface area contributed by atoms with Crippen molar-refractivity contribution in [1.82, 2.24) is 9.88 Å². The smallest absolute Gasteiger partial charge is 0.300 e. The summed E-state index contributed by atoms with van der Waals surface area (Å²) in [6, 6.07) is 1.20. The molecule has 0 fully saturated rings. The number of aliphatic hydroxyl groups is 1. The van der Waals surface area contributed by atoms with Gasteiger partial charge in [-0.1, -0.05) is 0 Å². The number of nitrogens with zero attached hydrogens (tertiary/aromatic N) is 3. The van der Waals surface area contributed by atoms with Crippen molar-refractivity contribution in [1.29, 1.82) is 0 Å². The summed E-state index contributed by atoms with van der Waals surface area (Å²) >= 11 is 0. The highest BCUT2D eigenvalue weighted by atomic mass is 16.6. The number of aliphatic hydroxyl groups excluding tert-OH is 1. The number of anilines is 1. The fourth-order valence-corrected chi connectivity index (χ4v) is 1.62. The number of aromatic nitrogens is 1. The average Bonchev–Trinajstić information content (AvgIpc) is 2.38. The molecule has 0 aliphatic rings. The Morgan fingerprint density at radius 3 is 2.84 bits per heavy atom. The topological polar surface area (TPSA) is 123 Å². The van der Waals surface area contributed by atoms with Gasteiger partial charge in [0.15, 0.2) is 0 Å².